The first-order chi connectivity index (χ1) is 10.2. The number of ether oxygens (including phenoxy) is 2. The standard InChI is InChI=1S/C17H12O4/c1-10-2-4-13-12(6-10)8-16(21-13)17(18)11-3-5-14-15(7-11)20-9-19-14/h2-8H,9H2,1H3. The molecule has 1 aromatic heterocycles. The van der Waals surface area contributed by atoms with E-state index in [-0.39, 0.29) is 12.6 Å². The van der Waals surface area contributed by atoms with Crippen molar-refractivity contribution in [1.82, 2.24) is 0 Å². The van der Waals surface area contributed by atoms with Gasteiger partial charge in [0.25, 0.3) is 0 Å². The van der Waals surface area contributed by atoms with E-state index in [4.69, 9.17) is 13.9 Å². The van der Waals surface area contributed by atoms with Gasteiger partial charge in [-0.2, -0.15) is 0 Å². The van der Waals surface area contributed by atoms with Crippen LogP contribution in [0.1, 0.15) is 21.7 Å². The fourth-order valence-corrected chi connectivity index (χ4v) is 2.45. The molecule has 21 heavy (non-hydrogen) atoms. The van der Waals surface area contributed by atoms with E-state index >= 15 is 0 Å². The van der Waals surface area contributed by atoms with E-state index in [9.17, 15) is 4.79 Å². The predicted molar refractivity (Wildman–Crippen MR) is 76.9 cm³/mol. The summed E-state index contributed by atoms with van der Waals surface area (Å²) in [6.45, 7) is 2.20. The van der Waals surface area contributed by atoms with Gasteiger partial charge in [-0.3, -0.25) is 4.79 Å². The summed E-state index contributed by atoms with van der Waals surface area (Å²) in [5, 5.41) is 0.930. The summed E-state index contributed by atoms with van der Waals surface area (Å²) < 4.78 is 16.2. The topological polar surface area (TPSA) is 48.7 Å². The van der Waals surface area contributed by atoms with Crippen molar-refractivity contribution in [3.05, 3.63) is 59.4 Å². The summed E-state index contributed by atoms with van der Waals surface area (Å²) in [6, 6.07) is 12.7. The second-order valence-corrected chi connectivity index (χ2v) is 5.05. The Morgan fingerprint density at radius 2 is 1.86 bits per heavy atom. The lowest BCUT2D eigenvalue weighted by Gasteiger charge is -1.99. The third-order valence-electron chi connectivity index (χ3n) is 3.53. The fourth-order valence-electron chi connectivity index (χ4n) is 2.45. The molecule has 0 saturated carbocycles. The van der Waals surface area contributed by atoms with Gasteiger partial charge in [-0.1, -0.05) is 11.6 Å². The van der Waals surface area contributed by atoms with Crippen molar-refractivity contribution in [2.45, 2.75) is 6.92 Å². The first-order valence-corrected chi connectivity index (χ1v) is 6.65. The van der Waals surface area contributed by atoms with Crippen LogP contribution in [-0.2, 0) is 0 Å². The number of ketones is 1. The fraction of sp³-hybridized carbons (Fsp3) is 0.118. The molecule has 4 nitrogen and oxygen atoms in total. The molecule has 0 bridgehead atoms. The maximum atomic E-state index is 12.5. The molecule has 2 aromatic carbocycles. The number of hydrogen-bond donors (Lipinski definition) is 0. The van der Waals surface area contributed by atoms with Crippen LogP contribution in [0.3, 0.4) is 0 Å². The summed E-state index contributed by atoms with van der Waals surface area (Å²) in [6.07, 6.45) is 0. The van der Waals surface area contributed by atoms with Gasteiger partial charge in [0.1, 0.15) is 5.58 Å². The van der Waals surface area contributed by atoms with Gasteiger partial charge in [-0.15, -0.1) is 0 Å². The van der Waals surface area contributed by atoms with E-state index in [0.717, 1.165) is 10.9 Å². The predicted octanol–water partition coefficient (Wildman–Crippen LogP) is 3.70. The smallest absolute Gasteiger partial charge is 0.231 e. The molecule has 1 aliphatic heterocycles. The van der Waals surface area contributed by atoms with Gasteiger partial charge in [0.05, 0.1) is 0 Å². The summed E-state index contributed by atoms with van der Waals surface area (Å²) >= 11 is 0. The molecule has 0 saturated heterocycles. The van der Waals surface area contributed by atoms with Crippen LogP contribution in [0, 0.1) is 6.92 Å². The normalized spacial score (nSPS) is 12.8. The Labute approximate surface area is 120 Å². The largest absolute Gasteiger partial charge is 0.454 e. The molecule has 3 aromatic rings. The number of fused-ring (bicyclic) bond motifs is 2. The summed E-state index contributed by atoms with van der Waals surface area (Å²) in [5.41, 5.74) is 2.37. The first-order valence-electron chi connectivity index (χ1n) is 6.65. The number of aryl methyl sites for hydroxylation is 1. The first kappa shape index (κ1) is 12.0. The van der Waals surface area contributed by atoms with Gasteiger partial charge >= 0.3 is 0 Å². The van der Waals surface area contributed by atoms with E-state index in [2.05, 4.69) is 0 Å². The SMILES string of the molecule is Cc1ccc2oc(C(=O)c3ccc4c(c3)OCO4)cc2c1. The average molecular weight is 280 g/mol. The van der Waals surface area contributed by atoms with E-state index in [1.165, 1.54) is 0 Å². The molecular formula is C17H12O4. The lowest BCUT2D eigenvalue weighted by atomic mass is 10.1. The number of carbonyl (C=O) groups excluding carboxylic acids is 1. The molecule has 0 radical (unpaired) electrons. The van der Waals surface area contributed by atoms with Crippen molar-refractivity contribution in [1.29, 1.82) is 0 Å². The molecule has 104 valence electrons. The summed E-state index contributed by atoms with van der Waals surface area (Å²) in [5.74, 6) is 1.41. The Morgan fingerprint density at radius 1 is 1.00 bits per heavy atom. The van der Waals surface area contributed by atoms with Gasteiger partial charge in [-0.05, 0) is 43.3 Å². The van der Waals surface area contributed by atoms with Crippen LogP contribution in [0.15, 0.2) is 46.9 Å². The molecular weight excluding hydrogens is 268 g/mol. The van der Waals surface area contributed by atoms with Crippen LogP contribution in [0.2, 0.25) is 0 Å². The number of furan rings is 1. The third-order valence-corrected chi connectivity index (χ3v) is 3.53. The molecule has 1 aliphatic rings. The van der Waals surface area contributed by atoms with Crippen LogP contribution in [0.4, 0.5) is 0 Å². The van der Waals surface area contributed by atoms with Gasteiger partial charge in [-0.25, -0.2) is 0 Å². The van der Waals surface area contributed by atoms with Crippen molar-refractivity contribution in [2.24, 2.45) is 0 Å². The molecule has 0 spiro atoms. The Morgan fingerprint density at radius 3 is 2.76 bits per heavy atom. The lowest BCUT2D eigenvalue weighted by molar-refractivity contribution is 0.101. The Kier molecular flexibility index (Phi) is 2.51. The van der Waals surface area contributed by atoms with Gasteiger partial charge in [0.2, 0.25) is 12.6 Å². The Balaban J connectivity index is 1.75. The summed E-state index contributed by atoms with van der Waals surface area (Å²) in [4.78, 5) is 12.5. The van der Waals surface area contributed by atoms with E-state index in [1.54, 1.807) is 24.3 Å². The molecule has 4 rings (SSSR count). The average Bonchev–Trinajstić information content (AvgIpc) is 3.11. The third kappa shape index (κ3) is 1.96. The minimum absolute atomic E-state index is 0.165. The Hall–Kier alpha value is -2.75. The monoisotopic (exact) mass is 280 g/mol. The highest BCUT2D eigenvalue weighted by molar-refractivity contribution is 6.09. The van der Waals surface area contributed by atoms with Crippen molar-refractivity contribution in [3.63, 3.8) is 0 Å². The van der Waals surface area contributed by atoms with E-state index in [0.29, 0.717) is 28.4 Å². The lowest BCUT2D eigenvalue weighted by Crippen LogP contribution is -1.99. The van der Waals surface area contributed by atoms with Crippen LogP contribution < -0.4 is 9.47 Å². The second-order valence-electron chi connectivity index (χ2n) is 5.05. The maximum Gasteiger partial charge on any atom is 0.231 e. The van der Waals surface area contributed by atoms with Crippen LogP contribution >= 0.6 is 0 Å². The molecule has 0 unspecified atom stereocenters. The van der Waals surface area contributed by atoms with E-state index in [1.807, 2.05) is 25.1 Å². The highest BCUT2D eigenvalue weighted by Gasteiger charge is 2.19. The molecule has 0 fully saturated rings. The quantitative estimate of drug-likeness (QED) is 0.671. The van der Waals surface area contributed by atoms with Crippen LogP contribution in [-0.4, -0.2) is 12.6 Å². The van der Waals surface area contributed by atoms with Crippen molar-refractivity contribution in [3.8, 4) is 11.5 Å². The van der Waals surface area contributed by atoms with Crippen molar-refractivity contribution >= 4 is 16.8 Å². The molecule has 0 amide bonds. The van der Waals surface area contributed by atoms with E-state index < -0.39 is 0 Å². The number of carbonyl (C=O) groups is 1. The molecule has 2 heterocycles. The maximum absolute atomic E-state index is 12.5. The minimum atomic E-state index is -0.165. The molecule has 0 atom stereocenters. The zero-order chi connectivity index (χ0) is 14.4. The zero-order valence-electron chi connectivity index (χ0n) is 11.4. The van der Waals surface area contributed by atoms with Crippen molar-refractivity contribution < 1.29 is 18.7 Å². The molecule has 4 heteroatoms. The number of hydrogen-bond acceptors (Lipinski definition) is 4. The molecule has 0 aliphatic carbocycles. The van der Waals surface area contributed by atoms with Crippen molar-refractivity contribution in [2.75, 3.05) is 6.79 Å². The second kappa shape index (κ2) is 4.38. The van der Waals surface area contributed by atoms with Crippen LogP contribution in [0.5, 0.6) is 11.5 Å². The minimum Gasteiger partial charge on any atom is -0.454 e. The Bertz CT molecular complexity index is 860. The zero-order valence-corrected chi connectivity index (χ0v) is 11.4. The number of rotatable bonds is 2. The van der Waals surface area contributed by atoms with Gasteiger partial charge in [0.15, 0.2) is 17.3 Å². The van der Waals surface area contributed by atoms with Gasteiger partial charge < -0.3 is 13.9 Å². The van der Waals surface area contributed by atoms with Crippen LogP contribution in [0.25, 0.3) is 11.0 Å². The van der Waals surface area contributed by atoms with Gasteiger partial charge in [0, 0.05) is 10.9 Å². The molecule has 0 N–H and O–H groups in total. The number of benzene rings is 2. The highest BCUT2D eigenvalue weighted by atomic mass is 16.7. The summed E-state index contributed by atoms with van der Waals surface area (Å²) in [7, 11) is 0. The highest BCUT2D eigenvalue weighted by Crippen LogP contribution is 2.33.